The van der Waals surface area contributed by atoms with Crippen LogP contribution >= 0.6 is 11.3 Å². The maximum absolute atomic E-state index is 5.44. The number of nitrogens with two attached hydrogens (primary N) is 1. The van der Waals surface area contributed by atoms with Crippen LogP contribution < -0.4 is 5.73 Å². The molecule has 6 nitrogen and oxygen atoms in total. The van der Waals surface area contributed by atoms with Gasteiger partial charge in [0.25, 0.3) is 0 Å². The van der Waals surface area contributed by atoms with Crippen LogP contribution in [-0.2, 0) is 17.8 Å². The second-order valence-corrected chi connectivity index (χ2v) is 3.82. The van der Waals surface area contributed by atoms with Crippen LogP contribution in [0.2, 0.25) is 0 Å². The van der Waals surface area contributed by atoms with E-state index in [0.717, 1.165) is 22.2 Å². The van der Waals surface area contributed by atoms with Crippen molar-refractivity contribution in [3.63, 3.8) is 0 Å². The minimum atomic E-state index is 0.424. The highest BCUT2D eigenvalue weighted by atomic mass is 32.1. The first-order valence-electron chi connectivity index (χ1n) is 4.24. The normalized spacial score (nSPS) is 11.3. The van der Waals surface area contributed by atoms with Crippen LogP contribution in [0.15, 0.2) is 0 Å². The Kier molecular flexibility index (Phi) is 2.71. The number of hydrogen-bond donors (Lipinski definition) is 1. The van der Waals surface area contributed by atoms with Crippen LogP contribution in [0.25, 0.3) is 4.96 Å². The highest BCUT2D eigenvalue weighted by molar-refractivity contribution is 7.16. The Morgan fingerprint density at radius 2 is 2.36 bits per heavy atom. The van der Waals surface area contributed by atoms with Crippen LogP contribution in [-0.4, -0.2) is 33.5 Å². The van der Waals surface area contributed by atoms with Gasteiger partial charge in [-0.15, -0.1) is 10.2 Å². The van der Waals surface area contributed by atoms with E-state index < -0.39 is 0 Å². The third-order valence-electron chi connectivity index (χ3n) is 1.73. The Morgan fingerprint density at radius 3 is 3.07 bits per heavy atom. The fraction of sp³-hybridized carbons (Fsp3) is 0.571. The molecule has 0 aliphatic heterocycles. The third-order valence-corrected chi connectivity index (χ3v) is 2.69. The number of methoxy groups -OCH3 is 1. The lowest BCUT2D eigenvalue weighted by atomic mass is 10.5. The summed E-state index contributed by atoms with van der Waals surface area (Å²) in [5.74, 6) is 0.724. The van der Waals surface area contributed by atoms with Gasteiger partial charge in [0.2, 0.25) is 4.96 Å². The maximum atomic E-state index is 5.44. The molecule has 0 unspecified atom stereocenters. The van der Waals surface area contributed by atoms with Crippen LogP contribution in [0, 0.1) is 0 Å². The molecule has 0 saturated heterocycles. The monoisotopic (exact) mass is 213 g/mol. The van der Waals surface area contributed by atoms with E-state index in [9.17, 15) is 0 Å². The van der Waals surface area contributed by atoms with E-state index >= 15 is 0 Å². The summed E-state index contributed by atoms with van der Waals surface area (Å²) in [4.78, 5) is 0.792. The summed E-state index contributed by atoms with van der Waals surface area (Å²) < 4.78 is 6.69. The van der Waals surface area contributed by atoms with Gasteiger partial charge in [-0.3, -0.25) is 0 Å². The zero-order valence-electron chi connectivity index (χ0n) is 7.80. The highest BCUT2D eigenvalue weighted by Crippen LogP contribution is 2.14. The van der Waals surface area contributed by atoms with E-state index in [0.29, 0.717) is 13.2 Å². The number of fused-ring (bicyclic) bond motifs is 1. The van der Waals surface area contributed by atoms with Gasteiger partial charge in [-0.1, -0.05) is 11.3 Å². The van der Waals surface area contributed by atoms with E-state index in [1.807, 2.05) is 0 Å². The average Bonchev–Trinajstić information content (AvgIpc) is 2.69. The average molecular weight is 213 g/mol. The molecule has 0 fully saturated rings. The molecule has 7 heteroatoms. The van der Waals surface area contributed by atoms with Crippen molar-refractivity contribution in [3.8, 4) is 0 Å². The molecule has 2 rings (SSSR count). The van der Waals surface area contributed by atoms with Crippen molar-refractivity contribution in [1.29, 1.82) is 0 Å². The first-order valence-corrected chi connectivity index (χ1v) is 5.06. The van der Waals surface area contributed by atoms with E-state index in [4.69, 9.17) is 10.5 Å². The Balaban J connectivity index is 2.35. The number of rotatable bonds is 4. The van der Waals surface area contributed by atoms with Crippen molar-refractivity contribution in [2.45, 2.75) is 13.0 Å². The number of aromatic nitrogens is 4. The predicted octanol–water partition coefficient (Wildman–Crippen LogP) is -0.167. The molecule has 14 heavy (non-hydrogen) atoms. The molecular formula is C7H11N5OS. The Bertz CT molecular complexity index is 423. The number of hydrogen-bond acceptors (Lipinski definition) is 6. The van der Waals surface area contributed by atoms with Gasteiger partial charge in [0.1, 0.15) is 11.6 Å². The molecule has 0 bridgehead atoms. The fourth-order valence-electron chi connectivity index (χ4n) is 1.14. The van der Waals surface area contributed by atoms with Crippen LogP contribution in [0.3, 0.4) is 0 Å². The zero-order chi connectivity index (χ0) is 9.97. The van der Waals surface area contributed by atoms with Gasteiger partial charge in [0, 0.05) is 13.5 Å². The molecule has 2 heterocycles. The quantitative estimate of drug-likeness (QED) is 0.763. The summed E-state index contributed by atoms with van der Waals surface area (Å²) in [5.41, 5.74) is 5.44. The van der Waals surface area contributed by atoms with Gasteiger partial charge in [-0.05, 0) is 6.54 Å². The molecule has 76 valence electrons. The van der Waals surface area contributed by atoms with Crippen molar-refractivity contribution in [3.05, 3.63) is 10.8 Å². The molecule has 2 aromatic heterocycles. The van der Waals surface area contributed by atoms with Gasteiger partial charge in [-0.2, -0.15) is 9.61 Å². The minimum absolute atomic E-state index is 0.424. The lowest BCUT2D eigenvalue weighted by Gasteiger charge is -1.92. The van der Waals surface area contributed by atoms with Crippen molar-refractivity contribution in [2.24, 2.45) is 5.73 Å². The first-order chi connectivity index (χ1) is 6.85. The summed E-state index contributed by atoms with van der Waals surface area (Å²) in [7, 11) is 1.62. The predicted molar refractivity (Wildman–Crippen MR) is 52.1 cm³/mol. The Labute approximate surface area is 84.7 Å². The largest absolute Gasteiger partial charge is 0.377 e. The highest BCUT2D eigenvalue weighted by Gasteiger charge is 2.10. The van der Waals surface area contributed by atoms with Crippen molar-refractivity contribution < 1.29 is 4.74 Å². The molecule has 0 aliphatic rings. The fourth-order valence-corrected chi connectivity index (χ4v) is 2.01. The number of ether oxygens (including phenoxy) is 1. The molecule has 0 saturated carbocycles. The molecule has 0 aromatic carbocycles. The lowest BCUT2D eigenvalue weighted by Crippen LogP contribution is -2.04. The zero-order valence-corrected chi connectivity index (χ0v) is 8.62. The van der Waals surface area contributed by atoms with Crippen LogP contribution in [0.4, 0.5) is 0 Å². The lowest BCUT2D eigenvalue weighted by molar-refractivity contribution is 0.176. The molecule has 2 N–H and O–H groups in total. The van der Waals surface area contributed by atoms with Crippen LogP contribution in [0.5, 0.6) is 0 Å². The van der Waals surface area contributed by atoms with E-state index in [1.165, 1.54) is 11.3 Å². The molecule has 0 atom stereocenters. The van der Waals surface area contributed by atoms with Gasteiger partial charge in [0.15, 0.2) is 5.82 Å². The first kappa shape index (κ1) is 9.50. The van der Waals surface area contributed by atoms with Crippen molar-refractivity contribution in [2.75, 3.05) is 13.7 Å². The standard InChI is InChI=1S/C7H11N5OS/c1-13-4-5-9-10-7-12(5)11-6(14-7)2-3-8/h2-4,8H2,1H3. The summed E-state index contributed by atoms with van der Waals surface area (Å²) in [6.45, 7) is 1.02. The second kappa shape index (κ2) is 3.99. The molecule has 0 radical (unpaired) electrons. The molecule has 0 aliphatic carbocycles. The SMILES string of the molecule is COCc1nnc2sc(CCN)nn12. The van der Waals surface area contributed by atoms with E-state index in [1.54, 1.807) is 11.6 Å². The molecular weight excluding hydrogens is 202 g/mol. The Morgan fingerprint density at radius 1 is 1.50 bits per heavy atom. The third kappa shape index (κ3) is 1.61. The van der Waals surface area contributed by atoms with Gasteiger partial charge in [0.05, 0.1) is 0 Å². The Hall–Kier alpha value is -1.05. The van der Waals surface area contributed by atoms with Gasteiger partial charge >= 0.3 is 0 Å². The minimum Gasteiger partial charge on any atom is -0.377 e. The second-order valence-electron chi connectivity index (χ2n) is 2.78. The van der Waals surface area contributed by atoms with Crippen molar-refractivity contribution in [1.82, 2.24) is 19.8 Å². The summed E-state index contributed by atoms with van der Waals surface area (Å²) in [6.07, 6.45) is 0.778. The number of nitrogens with zero attached hydrogens (tertiary/aromatic N) is 4. The van der Waals surface area contributed by atoms with E-state index in [2.05, 4.69) is 15.3 Å². The van der Waals surface area contributed by atoms with Gasteiger partial charge in [-0.25, -0.2) is 0 Å². The smallest absolute Gasteiger partial charge is 0.234 e. The summed E-state index contributed by atoms with van der Waals surface area (Å²) >= 11 is 1.51. The maximum Gasteiger partial charge on any atom is 0.234 e. The summed E-state index contributed by atoms with van der Waals surface area (Å²) in [6, 6.07) is 0. The van der Waals surface area contributed by atoms with Crippen molar-refractivity contribution >= 4 is 16.3 Å². The van der Waals surface area contributed by atoms with Crippen LogP contribution in [0.1, 0.15) is 10.8 Å². The van der Waals surface area contributed by atoms with Gasteiger partial charge < -0.3 is 10.5 Å². The topological polar surface area (TPSA) is 78.3 Å². The molecule has 0 spiro atoms. The molecule has 2 aromatic rings. The molecule has 0 amide bonds. The summed E-state index contributed by atoms with van der Waals surface area (Å²) in [5, 5.41) is 13.3. The van der Waals surface area contributed by atoms with E-state index in [-0.39, 0.29) is 0 Å².